The van der Waals surface area contributed by atoms with E-state index >= 15 is 0 Å². The molecule has 1 N–H and O–H groups in total. The van der Waals surface area contributed by atoms with Crippen molar-refractivity contribution in [3.05, 3.63) is 48.3 Å². The number of benzene rings is 2. The van der Waals surface area contributed by atoms with E-state index in [4.69, 9.17) is 9.47 Å². The number of methoxy groups -OCH3 is 1. The van der Waals surface area contributed by atoms with Crippen molar-refractivity contribution in [2.75, 3.05) is 33.1 Å². The molecule has 2 aromatic carbocycles. The fraction of sp³-hybridized carbons (Fsp3) is 0.316. The lowest BCUT2D eigenvalue weighted by Gasteiger charge is -2.15. The van der Waals surface area contributed by atoms with E-state index in [2.05, 4.69) is 5.32 Å². The fourth-order valence-corrected chi connectivity index (χ4v) is 3.25. The minimum atomic E-state index is -3.64. The third-order valence-electron chi connectivity index (χ3n) is 3.85. The van der Waals surface area contributed by atoms with Crippen LogP contribution in [0.4, 0.5) is 10.1 Å². The molecule has 2 aromatic rings. The summed E-state index contributed by atoms with van der Waals surface area (Å²) in [7, 11) is 0.656. The number of halogens is 1. The van der Waals surface area contributed by atoms with Gasteiger partial charge in [0.1, 0.15) is 17.3 Å². The molecule has 0 aliphatic rings. The summed E-state index contributed by atoms with van der Waals surface area (Å²) in [6.07, 6.45) is 0.593. The molecule has 152 valence electrons. The molecule has 0 spiro atoms. The minimum Gasteiger partial charge on any atom is -0.495 e. The van der Waals surface area contributed by atoms with Gasteiger partial charge in [0.05, 0.1) is 24.3 Å². The molecule has 1 amide bonds. The highest BCUT2D eigenvalue weighted by Gasteiger charge is 2.19. The van der Waals surface area contributed by atoms with Gasteiger partial charge in [0.15, 0.2) is 0 Å². The monoisotopic (exact) mass is 410 g/mol. The van der Waals surface area contributed by atoms with Crippen LogP contribution in [0.5, 0.6) is 11.5 Å². The Balaban J connectivity index is 1.95. The lowest BCUT2D eigenvalue weighted by atomic mass is 10.2. The summed E-state index contributed by atoms with van der Waals surface area (Å²) in [6, 6.07) is 9.88. The van der Waals surface area contributed by atoms with Gasteiger partial charge in [0.2, 0.25) is 15.9 Å². The van der Waals surface area contributed by atoms with E-state index in [9.17, 15) is 17.6 Å². The second-order valence-electron chi connectivity index (χ2n) is 6.10. The Hall–Kier alpha value is -2.65. The van der Waals surface area contributed by atoms with Gasteiger partial charge in [-0.2, -0.15) is 0 Å². The number of hydrogen-bond donors (Lipinski definition) is 1. The van der Waals surface area contributed by atoms with Crippen LogP contribution in [-0.2, 0) is 14.8 Å². The maximum absolute atomic E-state index is 12.8. The molecule has 0 saturated heterocycles. The quantitative estimate of drug-likeness (QED) is 0.643. The molecule has 0 heterocycles. The molecular formula is C19H23FN2O5S. The molecule has 0 atom stereocenters. The van der Waals surface area contributed by atoms with Gasteiger partial charge in [-0.05, 0) is 48.9 Å². The van der Waals surface area contributed by atoms with Crippen molar-refractivity contribution >= 4 is 21.6 Å². The second-order valence-corrected chi connectivity index (χ2v) is 8.26. The van der Waals surface area contributed by atoms with Gasteiger partial charge in [-0.1, -0.05) is 0 Å². The van der Waals surface area contributed by atoms with E-state index in [1.807, 2.05) is 0 Å². The van der Waals surface area contributed by atoms with Crippen molar-refractivity contribution in [3.8, 4) is 11.5 Å². The van der Waals surface area contributed by atoms with Gasteiger partial charge in [0, 0.05) is 20.5 Å². The highest BCUT2D eigenvalue weighted by Crippen LogP contribution is 2.28. The zero-order valence-corrected chi connectivity index (χ0v) is 16.8. The van der Waals surface area contributed by atoms with E-state index in [0.29, 0.717) is 17.9 Å². The van der Waals surface area contributed by atoms with Crippen molar-refractivity contribution in [1.29, 1.82) is 0 Å². The summed E-state index contributed by atoms with van der Waals surface area (Å²) in [5.41, 5.74) is 0.273. The highest BCUT2D eigenvalue weighted by molar-refractivity contribution is 7.89. The lowest BCUT2D eigenvalue weighted by Crippen LogP contribution is -2.22. The Morgan fingerprint density at radius 1 is 1.14 bits per heavy atom. The number of carbonyl (C=O) groups excluding carboxylic acids is 1. The molecule has 0 fully saturated rings. The highest BCUT2D eigenvalue weighted by atomic mass is 32.2. The predicted molar refractivity (Wildman–Crippen MR) is 104 cm³/mol. The van der Waals surface area contributed by atoms with E-state index in [1.54, 1.807) is 0 Å². The number of ether oxygens (including phenoxy) is 2. The van der Waals surface area contributed by atoms with Crippen molar-refractivity contribution in [3.63, 3.8) is 0 Å². The number of rotatable bonds is 9. The standard InChI is InChI=1S/C19H23FN2O5S/c1-22(2)28(24,25)16-10-11-18(26-3)17(13-16)21-19(23)5-4-12-27-15-8-6-14(20)7-9-15/h6-11,13H,4-5,12H2,1-3H3,(H,21,23). The van der Waals surface area contributed by atoms with Crippen LogP contribution in [0.15, 0.2) is 47.4 Å². The van der Waals surface area contributed by atoms with Crippen molar-refractivity contribution in [2.45, 2.75) is 17.7 Å². The molecule has 0 aliphatic heterocycles. The van der Waals surface area contributed by atoms with E-state index in [0.717, 1.165) is 4.31 Å². The summed E-state index contributed by atoms with van der Waals surface area (Å²) < 4.78 is 49.1. The zero-order valence-electron chi connectivity index (χ0n) is 15.9. The van der Waals surface area contributed by atoms with Gasteiger partial charge in [-0.3, -0.25) is 4.79 Å². The van der Waals surface area contributed by atoms with E-state index in [1.165, 1.54) is 63.7 Å². The molecule has 0 radical (unpaired) electrons. The van der Waals surface area contributed by atoms with Crippen molar-refractivity contribution in [1.82, 2.24) is 4.31 Å². The third kappa shape index (κ3) is 5.67. The number of anilines is 1. The average Bonchev–Trinajstić information content (AvgIpc) is 2.66. The molecule has 0 aliphatic carbocycles. The van der Waals surface area contributed by atoms with Gasteiger partial charge in [-0.25, -0.2) is 17.1 Å². The topological polar surface area (TPSA) is 84.9 Å². The van der Waals surface area contributed by atoms with Crippen molar-refractivity contribution in [2.24, 2.45) is 0 Å². The molecule has 9 heteroatoms. The van der Waals surface area contributed by atoms with Crippen LogP contribution in [0.25, 0.3) is 0 Å². The summed E-state index contributed by atoms with van der Waals surface area (Å²) in [5, 5.41) is 2.67. The van der Waals surface area contributed by atoms with Crippen LogP contribution in [0, 0.1) is 5.82 Å². The van der Waals surface area contributed by atoms with E-state index < -0.39 is 10.0 Å². The van der Waals surface area contributed by atoms with Gasteiger partial charge < -0.3 is 14.8 Å². The van der Waals surface area contributed by atoms with Crippen molar-refractivity contribution < 1.29 is 27.1 Å². The van der Waals surface area contributed by atoms with Gasteiger partial charge in [-0.15, -0.1) is 0 Å². The maximum Gasteiger partial charge on any atom is 0.242 e. The predicted octanol–water partition coefficient (Wildman–Crippen LogP) is 2.88. The van der Waals surface area contributed by atoms with Gasteiger partial charge >= 0.3 is 0 Å². The number of hydrogen-bond acceptors (Lipinski definition) is 5. The number of nitrogens with one attached hydrogen (secondary N) is 1. The smallest absolute Gasteiger partial charge is 0.242 e. The summed E-state index contributed by atoms with van der Waals surface area (Å²) >= 11 is 0. The SMILES string of the molecule is COc1ccc(S(=O)(=O)N(C)C)cc1NC(=O)CCCOc1ccc(F)cc1. The maximum atomic E-state index is 12.8. The van der Waals surface area contributed by atoms with E-state index in [-0.39, 0.29) is 35.3 Å². The molecule has 7 nitrogen and oxygen atoms in total. The average molecular weight is 410 g/mol. The fourth-order valence-electron chi connectivity index (χ4n) is 2.32. The van der Waals surface area contributed by atoms with Crippen LogP contribution < -0.4 is 14.8 Å². The molecule has 0 bridgehead atoms. The molecule has 28 heavy (non-hydrogen) atoms. The summed E-state index contributed by atoms with van der Waals surface area (Å²) in [5.74, 6) is 0.221. The van der Waals surface area contributed by atoms with Crippen LogP contribution in [-0.4, -0.2) is 46.4 Å². The molecule has 0 aromatic heterocycles. The number of nitrogens with zero attached hydrogens (tertiary/aromatic N) is 1. The Morgan fingerprint density at radius 3 is 2.43 bits per heavy atom. The van der Waals surface area contributed by atoms with Gasteiger partial charge in [0.25, 0.3) is 0 Å². The van der Waals surface area contributed by atoms with Crippen LogP contribution in [0.2, 0.25) is 0 Å². The van der Waals surface area contributed by atoms with Crippen LogP contribution in [0.1, 0.15) is 12.8 Å². The Kier molecular flexibility index (Phi) is 7.36. The molecule has 0 unspecified atom stereocenters. The Morgan fingerprint density at radius 2 is 1.82 bits per heavy atom. The van der Waals surface area contributed by atoms with Crippen LogP contribution >= 0.6 is 0 Å². The third-order valence-corrected chi connectivity index (χ3v) is 5.67. The molecular weight excluding hydrogens is 387 g/mol. The first-order valence-corrected chi connectivity index (χ1v) is 9.97. The molecule has 2 rings (SSSR count). The lowest BCUT2D eigenvalue weighted by molar-refractivity contribution is -0.116. The number of amides is 1. The number of carbonyl (C=O) groups is 1. The Labute approximate surface area is 164 Å². The second kappa shape index (κ2) is 9.52. The summed E-state index contributed by atoms with van der Waals surface area (Å²) in [6.45, 7) is 0.283. The first kappa shape index (κ1) is 21.6. The zero-order chi connectivity index (χ0) is 20.7. The normalized spacial score (nSPS) is 11.3. The Bertz CT molecular complexity index is 914. The first-order chi connectivity index (χ1) is 13.2. The van der Waals surface area contributed by atoms with Crippen LogP contribution in [0.3, 0.4) is 0 Å². The first-order valence-electron chi connectivity index (χ1n) is 8.53. The molecule has 0 saturated carbocycles. The largest absolute Gasteiger partial charge is 0.495 e. The minimum absolute atomic E-state index is 0.0493. The number of sulfonamides is 1. The summed E-state index contributed by atoms with van der Waals surface area (Å²) in [4.78, 5) is 12.2.